The van der Waals surface area contributed by atoms with Gasteiger partial charge in [0, 0.05) is 18.0 Å². The number of carbonyl (C=O) groups excluding carboxylic acids is 1. The lowest BCUT2D eigenvalue weighted by Gasteiger charge is -2.13. The first-order chi connectivity index (χ1) is 11.2. The number of nitrogens with one attached hydrogen (secondary N) is 3. The first kappa shape index (κ1) is 15.5. The van der Waals surface area contributed by atoms with Crippen LogP contribution in [0.2, 0.25) is 5.02 Å². The van der Waals surface area contributed by atoms with Crippen LogP contribution in [-0.2, 0) is 4.79 Å². The van der Waals surface area contributed by atoms with Gasteiger partial charge in [-0.1, -0.05) is 29.8 Å². The Kier molecular flexibility index (Phi) is 4.88. The van der Waals surface area contributed by atoms with Crippen molar-refractivity contribution in [3.8, 4) is 5.75 Å². The maximum absolute atomic E-state index is 11.8. The fraction of sp³-hybridized carbons (Fsp3) is 0.235. The second kappa shape index (κ2) is 7.24. The molecule has 1 aliphatic rings. The van der Waals surface area contributed by atoms with Gasteiger partial charge in [-0.2, -0.15) is 0 Å². The first-order valence-corrected chi connectivity index (χ1v) is 7.86. The molecule has 2 aromatic rings. The Morgan fingerprint density at radius 3 is 2.57 bits per heavy atom. The van der Waals surface area contributed by atoms with E-state index in [2.05, 4.69) is 16.0 Å². The zero-order chi connectivity index (χ0) is 16.1. The van der Waals surface area contributed by atoms with Crippen molar-refractivity contribution in [1.82, 2.24) is 5.32 Å². The minimum atomic E-state index is -0.152. The second-order valence-electron chi connectivity index (χ2n) is 5.27. The highest BCUT2D eigenvalue weighted by Gasteiger charge is 2.18. The first-order valence-electron chi connectivity index (χ1n) is 7.48. The Hall–Kier alpha value is -2.40. The van der Waals surface area contributed by atoms with Crippen LogP contribution in [0.25, 0.3) is 0 Å². The van der Waals surface area contributed by atoms with Gasteiger partial charge in [0.2, 0.25) is 0 Å². The molecule has 1 aliphatic heterocycles. The molecule has 0 aliphatic carbocycles. The van der Waals surface area contributed by atoms with Crippen molar-refractivity contribution in [3.63, 3.8) is 0 Å². The van der Waals surface area contributed by atoms with Crippen LogP contribution in [0.5, 0.6) is 5.75 Å². The molecule has 3 rings (SSSR count). The maximum Gasteiger partial charge on any atom is 0.257 e. The molecule has 0 radical (unpaired) electrons. The SMILES string of the molecule is O=C(COc1cccc(Cl)c1)NCCC1Nc2ccccc2N1. The van der Waals surface area contributed by atoms with E-state index in [4.69, 9.17) is 16.3 Å². The van der Waals surface area contributed by atoms with E-state index in [0.29, 0.717) is 17.3 Å². The number of halogens is 1. The average Bonchev–Trinajstić information content (AvgIpc) is 2.96. The molecule has 0 fully saturated rings. The van der Waals surface area contributed by atoms with Crippen LogP contribution < -0.4 is 20.7 Å². The molecule has 1 amide bonds. The zero-order valence-corrected chi connectivity index (χ0v) is 13.3. The number of rotatable bonds is 6. The monoisotopic (exact) mass is 331 g/mol. The highest BCUT2D eigenvalue weighted by Crippen LogP contribution is 2.28. The van der Waals surface area contributed by atoms with Gasteiger partial charge in [-0.3, -0.25) is 4.79 Å². The number of amides is 1. The van der Waals surface area contributed by atoms with Crippen LogP contribution in [0.1, 0.15) is 6.42 Å². The molecule has 2 aromatic carbocycles. The third kappa shape index (κ3) is 4.29. The van der Waals surface area contributed by atoms with Gasteiger partial charge in [-0.15, -0.1) is 0 Å². The number of fused-ring (bicyclic) bond motifs is 1. The Morgan fingerprint density at radius 2 is 1.87 bits per heavy atom. The molecule has 0 spiro atoms. The topological polar surface area (TPSA) is 62.4 Å². The molecule has 23 heavy (non-hydrogen) atoms. The van der Waals surface area contributed by atoms with Gasteiger partial charge in [0.15, 0.2) is 6.61 Å². The standard InChI is InChI=1S/C17H18ClN3O2/c18-12-4-3-5-13(10-12)23-11-17(22)19-9-8-16-20-14-6-1-2-7-15(14)21-16/h1-7,10,16,20-21H,8-9,11H2,(H,19,22). The second-order valence-corrected chi connectivity index (χ2v) is 5.71. The van der Waals surface area contributed by atoms with E-state index in [-0.39, 0.29) is 18.7 Å². The molecule has 0 saturated heterocycles. The summed E-state index contributed by atoms with van der Waals surface area (Å²) in [6.07, 6.45) is 0.902. The van der Waals surface area contributed by atoms with Gasteiger partial charge in [0.05, 0.1) is 17.5 Å². The minimum absolute atomic E-state index is 0.0217. The molecular weight excluding hydrogens is 314 g/mol. The molecule has 5 nitrogen and oxygen atoms in total. The molecule has 0 unspecified atom stereocenters. The number of benzene rings is 2. The average molecular weight is 332 g/mol. The van der Waals surface area contributed by atoms with Gasteiger partial charge >= 0.3 is 0 Å². The quantitative estimate of drug-likeness (QED) is 0.761. The number of ether oxygens (including phenoxy) is 1. The van der Waals surface area contributed by atoms with Gasteiger partial charge in [0.1, 0.15) is 5.75 Å². The van der Waals surface area contributed by atoms with E-state index < -0.39 is 0 Å². The predicted octanol–water partition coefficient (Wildman–Crippen LogP) is 3.09. The van der Waals surface area contributed by atoms with Crippen molar-refractivity contribution in [3.05, 3.63) is 53.6 Å². The molecule has 6 heteroatoms. The van der Waals surface area contributed by atoms with Crippen molar-refractivity contribution in [2.75, 3.05) is 23.8 Å². The third-order valence-electron chi connectivity index (χ3n) is 3.51. The number of para-hydroxylation sites is 2. The summed E-state index contributed by atoms with van der Waals surface area (Å²) in [5.41, 5.74) is 2.18. The number of hydrogen-bond donors (Lipinski definition) is 3. The predicted molar refractivity (Wildman–Crippen MR) is 92.0 cm³/mol. The van der Waals surface area contributed by atoms with Crippen molar-refractivity contribution in [2.45, 2.75) is 12.6 Å². The zero-order valence-electron chi connectivity index (χ0n) is 12.5. The summed E-state index contributed by atoms with van der Waals surface area (Å²) in [4.78, 5) is 11.8. The van der Waals surface area contributed by atoms with E-state index in [0.717, 1.165) is 17.8 Å². The van der Waals surface area contributed by atoms with E-state index in [9.17, 15) is 4.79 Å². The van der Waals surface area contributed by atoms with Crippen molar-refractivity contribution < 1.29 is 9.53 Å². The van der Waals surface area contributed by atoms with Crippen LogP contribution in [-0.4, -0.2) is 25.2 Å². The van der Waals surface area contributed by atoms with Crippen LogP contribution in [0.15, 0.2) is 48.5 Å². The number of carbonyl (C=O) groups is 1. The molecule has 0 bridgehead atoms. The smallest absolute Gasteiger partial charge is 0.257 e. The Balaban J connectivity index is 1.36. The van der Waals surface area contributed by atoms with Crippen LogP contribution in [0.3, 0.4) is 0 Å². The number of hydrogen-bond acceptors (Lipinski definition) is 4. The molecule has 120 valence electrons. The normalized spacial score (nSPS) is 12.9. The Labute approximate surface area is 140 Å². The molecular formula is C17H18ClN3O2. The van der Waals surface area contributed by atoms with Crippen molar-refractivity contribution in [2.24, 2.45) is 0 Å². The summed E-state index contributed by atoms with van der Waals surface area (Å²) in [6, 6.07) is 15.0. The molecule has 1 heterocycles. The van der Waals surface area contributed by atoms with Gasteiger partial charge in [-0.25, -0.2) is 0 Å². The molecule has 0 atom stereocenters. The van der Waals surface area contributed by atoms with Crippen molar-refractivity contribution >= 4 is 28.9 Å². The summed E-state index contributed by atoms with van der Waals surface area (Å²) in [7, 11) is 0. The van der Waals surface area contributed by atoms with Crippen molar-refractivity contribution in [1.29, 1.82) is 0 Å². The van der Waals surface area contributed by atoms with Gasteiger partial charge in [0.25, 0.3) is 5.91 Å². The van der Waals surface area contributed by atoms with E-state index in [1.54, 1.807) is 24.3 Å². The minimum Gasteiger partial charge on any atom is -0.484 e. The fourth-order valence-corrected chi connectivity index (χ4v) is 2.58. The fourth-order valence-electron chi connectivity index (χ4n) is 2.40. The summed E-state index contributed by atoms with van der Waals surface area (Å²) in [5, 5.41) is 10.2. The van der Waals surface area contributed by atoms with E-state index in [1.807, 2.05) is 24.3 Å². The van der Waals surface area contributed by atoms with Crippen LogP contribution >= 0.6 is 11.6 Å². The number of anilines is 2. The Morgan fingerprint density at radius 1 is 1.13 bits per heavy atom. The molecule has 0 aromatic heterocycles. The lowest BCUT2D eigenvalue weighted by molar-refractivity contribution is -0.123. The largest absolute Gasteiger partial charge is 0.484 e. The third-order valence-corrected chi connectivity index (χ3v) is 3.74. The van der Waals surface area contributed by atoms with Gasteiger partial charge in [-0.05, 0) is 30.3 Å². The molecule has 0 saturated carbocycles. The van der Waals surface area contributed by atoms with E-state index >= 15 is 0 Å². The summed E-state index contributed by atoms with van der Waals surface area (Å²) in [5.74, 6) is 0.433. The summed E-state index contributed by atoms with van der Waals surface area (Å²) < 4.78 is 5.39. The van der Waals surface area contributed by atoms with E-state index in [1.165, 1.54) is 0 Å². The Bertz CT molecular complexity index is 668. The highest BCUT2D eigenvalue weighted by molar-refractivity contribution is 6.30. The maximum atomic E-state index is 11.8. The highest BCUT2D eigenvalue weighted by atomic mass is 35.5. The lowest BCUT2D eigenvalue weighted by Crippen LogP contribution is -2.34. The van der Waals surface area contributed by atoms with Gasteiger partial charge < -0.3 is 20.7 Å². The lowest BCUT2D eigenvalue weighted by atomic mass is 10.3. The summed E-state index contributed by atoms with van der Waals surface area (Å²) >= 11 is 5.86. The molecule has 3 N–H and O–H groups in total. The summed E-state index contributed by atoms with van der Waals surface area (Å²) in [6.45, 7) is 0.544. The van der Waals surface area contributed by atoms with Crippen LogP contribution in [0, 0.1) is 0 Å². The van der Waals surface area contributed by atoms with Crippen LogP contribution in [0.4, 0.5) is 11.4 Å².